The van der Waals surface area contributed by atoms with E-state index in [-0.39, 0.29) is 36.6 Å². The number of carbonyl (C=O) groups excluding carboxylic acids is 2. The second kappa shape index (κ2) is 16.3. The number of rotatable bonds is 14. The molecule has 5 atom stereocenters. The first kappa shape index (κ1) is 32.3. The van der Waals surface area contributed by atoms with Crippen LogP contribution in [-0.4, -0.2) is 81.5 Å². The minimum atomic E-state index is -1.60. The van der Waals surface area contributed by atoms with Crippen LogP contribution in [0.2, 0.25) is 0 Å². The Balaban J connectivity index is 1.44. The normalized spacial score (nSPS) is 21.0. The van der Waals surface area contributed by atoms with Gasteiger partial charge >= 0.3 is 6.09 Å². The lowest BCUT2D eigenvalue weighted by Gasteiger charge is -2.30. The third kappa shape index (κ3) is 10.3. The first-order valence-corrected chi connectivity index (χ1v) is 16.5. The van der Waals surface area contributed by atoms with Gasteiger partial charge in [-0.1, -0.05) is 62.0 Å². The van der Waals surface area contributed by atoms with Crippen LogP contribution in [0, 0.1) is 5.92 Å². The topological polar surface area (TPSA) is 126 Å². The monoisotopic (exact) mass is 619 g/mol. The second-order valence-electron chi connectivity index (χ2n) is 10.9. The van der Waals surface area contributed by atoms with Crippen LogP contribution >= 0.6 is 11.8 Å². The molecule has 4 rings (SSSR count). The number of carbonyl (C=O) groups is 2. The Labute approximate surface area is 254 Å². The Morgan fingerprint density at radius 1 is 1.19 bits per heavy atom. The van der Waals surface area contributed by atoms with E-state index in [0.29, 0.717) is 36.0 Å². The average molecular weight is 620 g/mol. The lowest BCUT2D eigenvalue weighted by molar-refractivity contribution is -0.106. The molecule has 10 nitrogen and oxygen atoms in total. The molecule has 2 amide bonds. The van der Waals surface area contributed by atoms with Crippen LogP contribution in [-0.2, 0) is 26.9 Å². The van der Waals surface area contributed by atoms with E-state index in [1.807, 2.05) is 50.2 Å². The molecule has 3 N–H and O–H groups in total. The molecule has 2 aromatic rings. The first-order valence-electron chi connectivity index (χ1n) is 14.4. The van der Waals surface area contributed by atoms with Crippen molar-refractivity contribution in [2.45, 2.75) is 68.9 Å². The number of hydrogen-bond acceptors (Lipinski definition) is 8. The van der Waals surface area contributed by atoms with Gasteiger partial charge in [0.15, 0.2) is 6.29 Å². The molecule has 2 aliphatic rings. The molecule has 0 aromatic heterocycles. The summed E-state index contributed by atoms with van der Waals surface area (Å²) in [6, 6.07) is 15.7. The average Bonchev–Trinajstić information content (AvgIpc) is 3.41. The quantitative estimate of drug-likeness (QED) is 0.289. The van der Waals surface area contributed by atoms with Crippen LogP contribution in [0.5, 0.6) is 5.75 Å². The molecule has 2 unspecified atom stereocenters. The predicted octanol–water partition coefficient (Wildman–Crippen LogP) is 4.10. The Kier molecular flexibility index (Phi) is 12.5. The van der Waals surface area contributed by atoms with Crippen molar-refractivity contribution in [1.82, 2.24) is 14.9 Å². The minimum absolute atomic E-state index is 0.0343. The molecule has 230 valence electrons. The van der Waals surface area contributed by atoms with E-state index < -0.39 is 29.2 Å². The summed E-state index contributed by atoms with van der Waals surface area (Å²) < 4.78 is 32.6. The summed E-state index contributed by atoms with van der Waals surface area (Å²) in [6.07, 6.45) is 1.16. The zero-order valence-electron chi connectivity index (χ0n) is 24.1. The molecule has 12 heteroatoms. The second-order valence-corrected chi connectivity index (χ2v) is 13.4. The maximum Gasteiger partial charge on any atom is 0.407 e. The fourth-order valence-corrected chi connectivity index (χ4v) is 6.96. The zero-order valence-corrected chi connectivity index (χ0v) is 25.7. The van der Waals surface area contributed by atoms with E-state index in [2.05, 4.69) is 10.6 Å². The first-order chi connectivity index (χ1) is 20.3. The molecular formula is C30H41N3O7S2. The van der Waals surface area contributed by atoms with Crippen molar-refractivity contribution in [1.29, 1.82) is 0 Å². The van der Waals surface area contributed by atoms with Gasteiger partial charge in [0.2, 0.25) is 0 Å². The van der Waals surface area contributed by atoms with Gasteiger partial charge in [0.05, 0.1) is 29.7 Å². The van der Waals surface area contributed by atoms with Gasteiger partial charge in [0, 0.05) is 25.3 Å². The number of benzene rings is 2. The molecule has 2 fully saturated rings. The van der Waals surface area contributed by atoms with Gasteiger partial charge in [0.1, 0.15) is 23.3 Å². The van der Waals surface area contributed by atoms with Crippen molar-refractivity contribution in [3.05, 3.63) is 60.2 Å². The highest BCUT2D eigenvalue weighted by Gasteiger charge is 2.29. The van der Waals surface area contributed by atoms with E-state index in [1.54, 1.807) is 22.5 Å². The number of ether oxygens (including phenoxy) is 3. The maximum atomic E-state index is 13.8. The highest BCUT2D eigenvalue weighted by atomic mass is 32.2. The number of amides is 2. The van der Waals surface area contributed by atoms with E-state index in [4.69, 9.17) is 14.2 Å². The molecular weight excluding hydrogens is 578 g/mol. The molecule has 0 saturated carbocycles. The SMILES string of the molecule is CC(C)CN(C[C@@H](O)[C@H](Cc1ccccc1)NC(=O)OC[C@H]1CSC(=O)N1)S(=O)c1cccc(OC2CCCCO2)c1. The standard InChI is InChI=1S/C30H41N3O7S2/c1-21(2)17-33(42(37)25-12-8-11-24(16-25)40-28-13-6-7-14-38-28)18-27(34)26(15-22-9-4-3-5-10-22)32-29(35)39-19-23-20-41-30(36)31-23/h3-5,8-12,16,21,23,26-28,34H,6-7,13-15,17-20H2,1-2H3,(H,31,36)(H,32,35)/t23-,26-,27+,28?,42?/m0/s1. The molecule has 2 saturated heterocycles. The summed E-state index contributed by atoms with van der Waals surface area (Å²) in [5.41, 5.74) is 0.924. The van der Waals surface area contributed by atoms with Crippen molar-refractivity contribution in [3.8, 4) is 5.75 Å². The number of alkyl carbamates (subject to hydrolysis) is 1. The lowest BCUT2D eigenvalue weighted by atomic mass is 10.0. The lowest BCUT2D eigenvalue weighted by Crippen LogP contribution is -2.50. The Morgan fingerprint density at radius 2 is 2.00 bits per heavy atom. The van der Waals surface area contributed by atoms with Crippen molar-refractivity contribution < 1.29 is 33.1 Å². The van der Waals surface area contributed by atoms with E-state index in [0.717, 1.165) is 36.6 Å². The maximum absolute atomic E-state index is 13.8. The number of aliphatic hydroxyl groups is 1. The summed E-state index contributed by atoms with van der Waals surface area (Å²) in [7, 11) is -1.60. The fraction of sp³-hybridized carbons (Fsp3) is 0.533. The minimum Gasteiger partial charge on any atom is -0.465 e. The van der Waals surface area contributed by atoms with Crippen molar-refractivity contribution in [2.24, 2.45) is 5.92 Å². The van der Waals surface area contributed by atoms with Crippen LogP contribution in [0.1, 0.15) is 38.7 Å². The Hall–Kier alpha value is -2.64. The van der Waals surface area contributed by atoms with Gasteiger partial charge in [-0.3, -0.25) is 4.79 Å². The van der Waals surface area contributed by atoms with E-state index in [9.17, 15) is 18.9 Å². The largest absolute Gasteiger partial charge is 0.465 e. The third-order valence-electron chi connectivity index (χ3n) is 6.83. The molecule has 2 heterocycles. The van der Waals surface area contributed by atoms with Crippen LogP contribution in [0.3, 0.4) is 0 Å². The molecule has 2 aliphatic heterocycles. The van der Waals surface area contributed by atoms with Gasteiger partial charge < -0.3 is 30.0 Å². The summed E-state index contributed by atoms with van der Waals surface area (Å²) in [5.74, 6) is 1.28. The van der Waals surface area contributed by atoms with Crippen molar-refractivity contribution in [3.63, 3.8) is 0 Å². The van der Waals surface area contributed by atoms with Gasteiger partial charge in [-0.05, 0) is 48.9 Å². The Bertz CT molecular complexity index is 1180. The summed E-state index contributed by atoms with van der Waals surface area (Å²) >= 11 is 1.15. The number of nitrogens with zero attached hydrogens (tertiary/aromatic N) is 1. The molecule has 0 spiro atoms. The predicted molar refractivity (Wildman–Crippen MR) is 163 cm³/mol. The summed E-state index contributed by atoms with van der Waals surface area (Å²) in [5, 5.41) is 16.8. The zero-order chi connectivity index (χ0) is 29.9. The highest BCUT2D eigenvalue weighted by Crippen LogP contribution is 2.23. The van der Waals surface area contributed by atoms with Crippen molar-refractivity contribution >= 4 is 34.1 Å². The van der Waals surface area contributed by atoms with Gasteiger partial charge in [-0.15, -0.1) is 0 Å². The van der Waals surface area contributed by atoms with E-state index >= 15 is 0 Å². The number of hydrogen-bond donors (Lipinski definition) is 3. The van der Waals surface area contributed by atoms with Crippen LogP contribution in [0.4, 0.5) is 9.59 Å². The van der Waals surface area contributed by atoms with Gasteiger partial charge in [-0.25, -0.2) is 13.3 Å². The fourth-order valence-electron chi connectivity index (χ4n) is 4.75. The third-order valence-corrected chi connectivity index (χ3v) is 9.20. The Morgan fingerprint density at radius 3 is 2.69 bits per heavy atom. The smallest absolute Gasteiger partial charge is 0.407 e. The van der Waals surface area contributed by atoms with Crippen LogP contribution in [0.15, 0.2) is 59.5 Å². The molecule has 0 radical (unpaired) electrons. The summed E-state index contributed by atoms with van der Waals surface area (Å²) in [6.45, 7) is 5.25. The number of thioether (sulfide) groups is 1. The number of aliphatic hydroxyl groups excluding tert-OH is 1. The van der Waals surface area contributed by atoms with Crippen LogP contribution < -0.4 is 15.4 Å². The highest BCUT2D eigenvalue weighted by molar-refractivity contribution is 8.13. The van der Waals surface area contributed by atoms with Crippen molar-refractivity contribution in [2.75, 3.05) is 32.1 Å². The molecule has 0 bridgehead atoms. The molecule has 2 aromatic carbocycles. The molecule has 42 heavy (non-hydrogen) atoms. The summed E-state index contributed by atoms with van der Waals surface area (Å²) in [4.78, 5) is 24.7. The molecule has 0 aliphatic carbocycles. The van der Waals surface area contributed by atoms with Gasteiger partial charge in [0.25, 0.3) is 5.24 Å². The van der Waals surface area contributed by atoms with E-state index in [1.165, 1.54) is 0 Å². The van der Waals surface area contributed by atoms with Gasteiger partial charge in [-0.2, -0.15) is 0 Å². The van der Waals surface area contributed by atoms with Crippen LogP contribution in [0.25, 0.3) is 0 Å². The number of nitrogens with one attached hydrogen (secondary N) is 2.